The average Bonchev–Trinajstić information content (AvgIpc) is 2.98. The van der Waals surface area contributed by atoms with Gasteiger partial charge in [0.05, 0.1) is 17.1 Å². The van der Waals surface area contributed by atoms with Crippen LogP contribution in [0.4, 0.5) is 11.4 Å². The number of nitrogens with zero attached hydrogens (tertiary/aromatic N) is 2. The number of phenolic OH excluding ortho intramolecular Hbond substituents is 1. The van der Waals surface area contributed by atoms with Crippen molar-refractivity contribution in [2.45, 2.75) is 12.5 Å². The molecular weight excluding hydrogens is 400 g/mol. The number of aliphatic imine (C=N–C) groups is 1. The van der Waals surface area contributed by atoms with Gasteiger partial charge in [-0.15, -0.1) is 0 Å². The van der Waals surface area contributed by atoms with Gasteiger partial charge < -0.3 is 20.6 Å². The highest BCUT2D eigenvalue weighted by molar-refractivity contribution is 6.21. The first-order valence-electron chi connectivity index (χ1n) is 11.0. The van der Waals surface area contributed by atoms with Crippen molar-refractivity contribution in [1.82, 2.24) is 5.32 Å². The van der Waals surface area contributed by atoms with E-state index >= 15 is 0 Å². The van der Waals surface area contributed by atoms with Gasteiger partial charge in [0.1, 0.15) is 11.8 Å². The summed E-state index contributed by atoms with van der Waals surface area (Å²) >= 11 is 0. The topological polar surface area (TPSA) is 77.0 Å². The number of fused-ring (bicyclic) bond motifs is 1. The Balaban J connectivity index is 1.59. The minimum absolute atomic E-state index is 0.118. The number of benzodiazepines with no additional fused rings is 1. The molecule has 1 fully saturated rings. The summed E-state index contributed by atoms with van der Waals surface area (Å²) in [7, 11) is 0. The minimum Gasteiger partial charge on any atom is -0.508 e. The van der Waals surface area contributed by atoms with Gasteiger partial charge in [-0.05, 0) is 23.8 Å². The fourth-order valence-corrected chi connectivity index (χ4v) is 4.35. The van der Waals surface area contributed by atoms with Crippen molar-refractivity contribution < 1.29 is 9.90 Å². The highest BCUT2D eigenvalue weighted by Gasteiger charge is 2.29. The predicted molar refractivity (Wildman–Crippen MR) is 128 cm³/mol. The fourth-order valence-electron chi connectivity index (χ4n) is 4.35. The van der Waals surface area contributed by atoms with Crippen molar-refractivity contribution in [3.8, 4) is 5.75 Å². The molecule has 0 aliphatic carbocycles. The maximum absolute atomic E-state index is 13.4. The number of hydrogen-bond donors (Lipinski definition) is 3. The summed E-state index contributed by atoms with van der Waals surface area (Å²) in [5.74, 6) is 0.0912. The van der Waals surface area contributed by atoms with Gasteiger partial charge in [0.15, 0.2) is 0 Å². The molecule has 0 spiro atoms. The van der Waals surface area contributed by atoms with Crippen LogP contribution in [0.1, 0.15) is 16.7 Å². The number of rotatable bonds is 4. The molecular formula is C26H26N4O2. The Hall–Kier alpha value is -3.64. The number of hydrogen-bond acceptors (Lipinski definition) is 5. The number of aromatic hydroxyl groups is 1. The minimum atomic E-state index is -0.571. The number of para-hydroxylation sites is 1. The van der Waals surface area contributed by atoms with Crippen LogP contribution in [0, 0.1) is 0 Å². The molecule has 162 valence electrons. The van der Waals surface area contributed by atoms with E-state index in [0.29, 0.717) is 6.42 Å². The zero-order valence-electron chi connectivity index (χ0n) is 17.8. The lowest BCUT2D eigenvalue weighted by Crippen LogP contribution is -2.44. The summed E-state index contributed by atoms with van der Waals surface area (Å²) in [5.41, 5.74) is 5.56. The number of anilines is 2. The molecule has 0 bridgehead atoms. The molecule has 0 radical (unpaired) electrons. The van der Waals surface area contributed by atoms with Gasteiger partial charge in [0, 0.05) is 43.7 Å². The maximum atomic E-state index is 13.4. The van der Waals surface area contributed by atoms with E-state index in [1.165, 1.54) is 0 Å². The largest absolute Gasteiger partial charge is 0.508 e. The van der Waals surface area contributed by atoms with E-state index in [4.69, 9.17) is 4.99 Å². The molecule has 1 atom stereocenters. The number of benzene rings is 3. The summed E-state index contributed by atoms with van der Waals surface area (Å²) in [6.45, 7) is 3.61. The Kier molecular flexibility index (Phi) is 5.60. The zero-order valence-corrected chi connectivity index (χ0v) is 17.8. The molecule has 3 N–H and O–H groups in total. The molecule has 0 saturated carbocycles. The van der Waals surface area contributed by atoms with Crippen molar-refractivity contribution >= 4 is 23.0 Å². The molecule has 2 aliphatic rings. The van der Waals surface area contributed by atoms with Crippen molar-refractivity contribution in [1.29, 1.82) is 0 Å². The first kappa shape index (κ1) is 20.3. The van der Waals surface area contributed by atoms with Crippen LogP contribution in [0.25, 0.3) is 0 Å². The van der Waals surface area contributed by atoms with E-state index in [9.17, 15) is 9.90 Å². The van der Waals surface area contributed by atoms with Gasteiger partial charge in [-0.2, -0.15) is 0 Å². The first-order chi connectivity index (χ1) is 15.7. The van der Waals surface area contributed by atoms with Crippen LogP contribution < -0.4 is 15.5 Å². The monoisotopic (exact) mass is 426 g/mol. The summed E-state index contributed by atoms with van der Waals surface area (Å²) in [5, 5.41) is 16.2. The average molecular weight is 427 g/mol. The zero-order chi connectivity index (χ0) is 21.9. The number of carbonyl (C=O) groups is 1. The molecule has 0 aromatic heterocycles. The van der Waals surface area contributed by atoms with E-state index in [0.717, 1.165) is 60.0 Å². The maximum Gasteiger partial charge on any atom is 0.249 e. The molecule has 0 unspecified atom stereocenters. The smallest absolute Gasteiger partial charge is 0.249 e. The van der Waals surface area contributed by atoms with Crippen LogP contribution in [0.15, 0.2) is 77.8 Å². The van der Waals surface area contributed by atoms with Gasteiger partial charge >= 0.3 is 0 Å². The molecule has 2 heterocycles. The molecule has 6 heteroatoms. The molecule has 6 nitrogen and oxygen atoms in total. The highest BCUT2D eigenvalue weighted by atomic mass is 16.3. The summed E-state index contributed by atoms with van der Waals surface area (Å²) in [4.78, 5) is 20.7. The van der Waals surface area contributed by atoms with E-state index in [2.05, 4.69) is 21.6 Å². The number of nitrogens with one attached hydrogen (secondary N) is 2. The molecule has 2 aliphatic heterocycles. The quantitative estimate of drug-likeness (QED) is 0.599. The van der Waals surface area contributed by atoms with Crippen molar-refractivity contribution in [3.05, 3.63) is 89.5 Å². The van der Waals surface area contributed by atoms with Crippen LogP contribution in [0.2, 0.25) is 0 Å². The Morgan fingerprint density at radius 2 is 1.69 bits per heavy atom. The van der Waals surface area contributed by atoms with E-state index in [1.807, 2.05) is 54.6 Å². The molecule has 1 saturated heterocycles. The summed E-state index contributed by atoms with van der Waals surface area (Å²) < 4.78 is 0. The second kappa shape index (κ2) is 8.85. The highest BCUT2D eigenvalue weighted by Crippen LogP contribution is 2.34. The van der Waals surface area contributed by atoms with Crippen LogP contribution in [0.3, 0.4) is 0 Å². The Morgan fingerprint density at radius 1 is 0.938 bits per heavy atom. The number of phenols is 1. The lowest BCUT2D eigenvalue weighted by Gasteiger charge is -2.31. The van der Waals surface area contributed by atoms with Crippen LogP contribution in [-0.2, 0) is 11.2 Å². The molecule has 32 heavy (non-hydrogen) atoms. The van der Waals surface area contributed by atoms with Gasteiger partial charge in [-0.1, -0.05) is 54.6 Å². The summed E-state index contributed by atoms with van der Waals surface area (Å²) in [6, 6.07) is 22.6. The fraction of sp³-hybridized carbons (Fsp3) is 0.231. The van der Waals surface area contributed by atoms with E-state index < -0.39 is 6.04 Å². The molecule has 1 amide bonds. The van der Waals surface area contributed by atoms with E-state index in [1.54, 1.807) is 12.1 Å². The third-order valence-electron chi connectivity index (χ3n) is 6.00. The van der Waals surface area contributed by atoms with Crippen molar-refractivity contribution in [2.75, 3.05) is 36.4 Å². The van der Waals surface area contributed by atoms with Gasteiger partial charge in [-0.25, -0.2) is 0 Å². The normalized spacial score (nSPS) is 18.4. The van der Waals surface area contributed by atoms with Crippen LogP contribution in [0.5, 0.6) is 5.75 Å². The summed E-state index contributed by atoms with van der Waals surface area (Å²) in [6.07, 6.45) is 0.458. The second-order valence-corrected chi connectivity index (χ2v) is 8.16. The van der Waals surface area contributed by atoms with Gasteiger partial charge in [0.25, 0.3) is 0 Å². The Bertz CT molecular complexity index is 1140. The molecule has 3 aromatic carbocycles. The lowest BCUT2D eigenvalue weighted by atomic mass is 9.99. The van der Waals surface area contributed by atoms with Crippen molar-refractivity contribution in [2.24, 2.45) is 4.99 Å². The SMILES string of the molecule is O=C1Nc2c(cccc2N2CCNCC2)C(c2ccccc2)=N[C@H]1Cc1ccc(O)cc1. The van der Waals surface area contributed by atoms with E-state index in [-0.39, 0.29) is 11.7 Å². The number of carbonyl (C=O) groups excluding carboxylic acids is 1. The number of piperazine rings is 1. The number of amides is 1. The van der Waals surface area contributed by atoms with Crippen LogP contribution >= 0.6 is 0 Å². The Morgan fingerprint density at radius 3 is 2.44 bits per heavy atom. The lowest BCUT2D eigenvalue weighted by molar-refractivity contribution is -0.117. The standard InChI is InChI=1S/C26H26N4O2/c31-20-11-9-18(10-12-20)17-22-26(32)29-25-21(24(28-22)19-5-2-1-3-6-19)7-4-8-23(25)30-15-13-27-14-16-30/h1-12,22,27,31H,13-17H2,(H,29,32)/t22-/m0/s1. The van der Waals surface area contributed by atoms with Gasteiger partial charge in [0.2, 0.25) is 5.91 Å². The second-order valence-electron chi connectivity index (χ2n) is 8.16. The third kappa shape index (κ3) is 4.09. The molecule has 5 rings (SSSR count). The third-order valence-corrected chi connectivity index (χ3v) is 6.00. The van der Waals surface area contributed by atoms with Crippen LogP contribution in [-0.4, -0.2) is 48.9 Å². The van der Waals surface area contributed by atoms with Crippen molar-refractivity contribution in [3.63, 3.8) is 0 Å². The Labute approximate surface area is 187 Å². The predicted octanol–water partition coefficient (Wildman–Crippen LogP) is 3.20. The van der Waals surface area contributed by atoms with Gasteiger partial charge in [-0.3, -0.25) is 9.79 Å². The molecule has 3 aromatic rings. The first-order valence-corrected chi connectivity index (χ1v) is 11.0.